The van der Waals surface area contributed by atoms with Crippen LogP contribution >= 0.6 is 11.8 Å². The van der Waals surface area contributed by atoms with Gasteiger partial charge in [-0.25, -0.2) is 19.5 Å². The summed E-state index contributed by atoms with van der Waals surface area (Å²) in [4.78, 5) is 29.4. The zero-order valence-corrected chi connectivity index (χ0v) is 15.2. The molecule has 1 aliphatic heterocycles. The van der Waals surface area contributed by atoms with Crippen molar-refractivity contribution in [3.05, 3.63) is 24.5 Å². The lowest BCUT2D eigenvalue weighted by Gasteiger charge is -2.15. The van der Waals surface area contributed by atoms with Gasteiger partial charge < -0.3 is 10.1 Å². The fourth-order valence-corrected chi connectivity index (χ4v) is 3.46. The van der Waals surface area contributed by atoms with E-state index in [9.17, 15) is 9.59 Å². The molecule has 1 saturated heterocycles. The molecule has 1 atom stereocenters. The Kier molecular flexibility index (Phi) is 5.47. The summed E-state index contributed by atoms with van der Waals surface area (Å²) in [6, 6.07) is 6.01. The molecular formula is C17H22N4O3S. The Morgan fingerprint density at radius 3 is 3.00 bits per heavy atom. The van der Waals surface area contributed by atoms with Crippen LogP contribution in [0.1, 0.15) is 33.1 Å². The number of carbonyl (C=O) groups is 2. The molecule has 1 N–H and O–H groups in total. The summed E-state index contributed by atoms with van der Waals surface area (Å²) >= 11 is 1.79. The molecule has 7 nitrogen and oxygen atoms in total. The Balaban J connectivity index is 1.75. The smallest absolute Gasteiger partial charge is 0.422 e. The fraction of sp³-hybridized carbons (Fsp3) is 0.471. The molecule has 3 rings (SSSR count). The second-order valence-electron chi connectivity index (χ2n) is 5.86. The minimum atomic E-state index is -0.636. The molecule has 0 bridgehead atoms. The zero-order valence-electron chi connectivity index (χ0n) is 14.4. The van der Waals surface area contributed by atoms with Crippen LogP contribution in [0.15, 0.2) is 29.4 Å². The van der Waals surface area contributed by atoms with E-state index < -0.39 is 12.3 Å². The van der Waals surface area contributed by atoms with E-state index in [2.05, 4.69) is 17.2 Å². The summed E-state index contributed by atoms with van der Waals surface area (Å²) in [5.74, 6) is 0.944. The maximum absolute atomic E-state index is 12.2. The van der Waals surface area contributed by atoms with Gasteiger partial charge in [-0.1, -0.05) is 13.8 Å². The van der Waals surface area contributed by atoms with Gasteiger partial charge >= 0.3 is 6.09 Å². The largest absolute Gasteiger partial charge is 0.431 e. The van der Waals surface area contributed by atoms with E-state index in [0.717, 1.165) is 34.5 Å². The molecular weight excluding hydrogens is 340 g/mol. The summed E-state index contributed by atoms with van der Waals surface area (Å²) in [6.45, 7) is 4.33. The number of nitrogens with zero attached hydrogens (tertiary/aromatic N) is 3. The van der Waals surface area contributed by atoms with Crippen molar-refractivity contribution < 1.29 is 14.3 Å². The van der Waals surface area contributed by atoms with Gasteiger partial charge in [0.15, 0.2) is 6.23 Å². The molecule has 1 aromatic carbocycles. The summed E-state index contributed by atoms with van der Waals surface area (Å²) in [7, 11) is 0. The van der Waals surface area contributed by atoms with Gasteiger partial charge in [-0.3, -0.25) is 4.79 Å². The molecule has 2 amide bonds. The number of fused-ring (bicyclic) bond motifs is 1. The SMILES string of the molecule is CCCSc1ccc2c(c1)ncn2N1CC(NC(=O)CCC)OC1=O. The number of rotatable bonds is 7. The Hall–Kier alpha value is -2.22. The number of amides is 2. The molecule has 0 radical (unpaired) electrons. The Morgan fingerprint density at radius 1 is 1.40 bits per heavy atom. The minimum absolute atomic E-state index is 0.116. The molecule has 25 heavy (non-hydrogen) atoms. The third kappa shape index (κ3) is 3.89. The maximum Gasteiger partial charge on any atom is 0.431 e. The minimum Gasteiger partial charge on any atom is -0.422 e. The van der Waals surface area contributed by atoms with Crippen molar-refractivity contribution in [3.8, 4) is 0 Å². The number of cyclic esters (lactones) is 1. The number of carbonyl (C=O) groups excluding carboxylic acids is 2. The third-order valence-corrected chi connectivity index (χ3v) is 5.02. The predicted octanol–water partition coefficient (Wildman–Crippen LogP) is 2.87. The van der Waals surface area contributed by atoms with Crippen LogP contribution in [0.4, 0.5) is 4.79 Å². The van der Waals surface area contributed by atoms with E-state index in [1.807, 2.05) is 25.1 Å². The van der Waals surface area contributed by atoms with E-state index in [4.69, 9.17) is 4.74 Å². The van der Waals surface area contributed by atoms with Crippen LogP contribution < -0.4 is 10.3 Å². The number of thioether (sulfide) groups is 1. The highest BCUT2D eigenvalue weighted by molar-refractivity contribution is 7.99. The molecule has 1 fully saturated rings. The number of nitrogens with one attached hydrogen (secondary N) is 1. The number of benzene rings is 1. The van der Waals surface area contributed by atoms with E-state index in [-0.39, 0.29) is 12.5 Å². The van der Waals surface area contributed by atoms with Crippen LogP contribution in [0.3, 0.4) is 0 Å². The van der Waals surface area contributed by atoms with Crippen molar-refractivity contribution >= 4 is 34.8 Å². The highest BCUT2D eigenvalue weighted by atomic mass is 32.2. The first-order valence-electron chi connectivity index (χ1n) is 8.50. The molecule has 0 saturated carbocycles. The lowest BCUT2D eigenvalue weighted by Crippen LogP contribution is -2.40. The monoisotopic (exact) mass is 362 g/mol. The quantitative estimate of drug-likeness (QED) is 0.767. The Labute approximate surface area is 150 Å². The van der Waals surface area contributed by atoms with Crippen molar-refractivity contribution in [1.82, 2.24) is 15.0 Å². The van der Waals surface area contributed by atoms with Gasteiger partial charge in [0.2, 0.25) is 5.91 Å². The van der Waals surface area contributed by atoms with Gasteiger partial charge in [-0.15, -0.1) is 11.8 Å². The predicted molar refractivity (Wildman–Crippen MR) is 97.2 cm³/mol. The first-order chi connectivity index (χ1) is 12.1. The zero-order chi connectivity index (χ0) is 17.8. The molecule has 2 heterocycles. The van der Waals surface area contributed by atoms with Gasteiger partial charge in [0, 0.05) is 11.3 Å². The number of ether oxygens (including phenoxy) is 1. The molecule has 134 valence electrons. The van der Waals surface area contributed by atoms with E-state index >= 15 is 0 Å². The van der Waals surface area contributed by atoms with Gasteiger partial charge in [0.25, 0.3) is 0 Å². The van der Waals surface area contributed by atoms with Crippen LogP contribution in [-0.2, 0) is 9.53 Å². The Morgan fingerprint density at radius 2 is 2.24 bits per heavy atom. The van der Waals surface area contributed by atoms with E-state index in [1.54, 1.807) is 22.8 Å². The second-order valence-corrected chi connectivity index (χ2v) is 7.03. The lowest BCUT2D eigenvalue weighted by atomic mass is 10.3. The molecule has 0 spiro atoms. The van der Waals surface area contributed by atoms with E-state index in [0.29, 0.717) is 6.42 Å². The van der Waals surface area contributed by atoms with Crippen molar-refractivity contribution in [2.24, 2.45) is 0 Å². The summed E-state index contributed by atoms with van der Waals surface area (Å²) in [5, 5.41) is 4.17. The van der Waals surface area contributed by atoms with Gasteiger partial charge in [-0.05, 0) is 36.8 Å². The molecule has 1 unspecified atom stereocenters. The van der Waals surface area contributed by atoms with Gasteiger partial charge in [0.05, 0.1) is 11.0 Å². The number of hydrogen-bond donors (Lipinski definition) is 1. The van der Waals surface area contributed by atoms with Crippen molar-refractivity contribution in [3.63, 3.8) is 0 Å². The van der Waals surface area contributed by atoms with Gasteiger partial charge in [0.1, 0.15) is 12.9 Å². The lowest BCUT2D eigenvalue weighted by molar-refractivity contribution is -0.123. The Bertz CT molecular complexity index is 776. The second kappa shape index (κ2) is 7.77. The molecule has 1 aliphatic rings. The molecule has 1 aromatic heterocycles. The highest BCUT2D eigenvalue weighted by Gasteiger charge is 2.34. The number of hydrogen-bond acceptors (Lipinski definition) is 5. The summed E-state index contributed by atoms with van der Waals surface area (Å²) in [5.41, 5.74) is 1.66. The number of aromatic nitrogens is 2. The van der Waals surface area contributed by atoms with E-state index in [1.165, 1.54) is 5.01 Å². The normalized spacial score (nSPS) is 17.1. The summed E-state index contributed by atoms with van der Waals surface area (Å²) < 4.78 is 6.92. The van der Waals surface area contributed by atoms with Crippen molar-refractivity contribution in [2.75, 3.05) is 17.3 Å². The first kappa shape index (κ1) is 17.6. The highest BCUT2D eigenvalue weighted by Crippen LogP contribution is 2.24. The average Bonchev–Trinajstić information content (AvgIpc) is 3.15. The topological polar surface area (TPSA) is 76.5 Å². The van der Waals surface area contributed by atoms with Crippen molar-refractivity contribution in [2.45, 2.75) is 44.2 Å². The third-order valence-electron chi connectivity index (χ3n) is 3.82. The standard InChI is InChI=1S/C17H22N4O3S/c1-3-5-15(22)19-16-10-20(17(23)24-16)21-11-18-13-9-12(25-8-4-2)6-7-14(13)21/h6-7,9,11,16H,3-5,8,10H2,1-2H3,(H,19,22). The van der Waals surface area contributed by atoms with Crippen LogP contribution in [0.5, 0.6) is 0 Å². The molecule has 8 heteroatoms. The van der Waals surface area contributed by atoms with Crippen LogP contribution in [0.25, 0.3) is 11.0 Å². The maximum atomic E-state index is 12.2. The van der Waals surface area contributed by atoms with Crippen LogP contribution in [0.2, 0.25) is 0 Å². The fourth-order valence-electron chi connectivity index (χ4n) is 2.66. The van der Waals surface area contributed by atoms with Crippen LogP contribution in [0, 0.1) is 0 Å². The molecule has 0 aliphatic carbocycles. The number of imidazole rings is 1. The average molecular weight is 362 g/mol. The summed E-state index contributed by atoms with van der Waals surface area (Å²) in [6.07, 6.45) is 2.76. The molecule has 2 aromatic rings. The van der Waals surface area contributed by atoms with Crippen LogP contribution in [-0.4, -0.2) is 40.2 Å². The first-order valence-corrected chi connectivity index (χ1v) is 9.48. The van der Waals surface area contributed by atoms with Gasteiger partial charge in [-0.2, -0.15) is 0 Å². The van der Waals surface area contributed by atoms with Crippen molar-refractivity contribution in [1.29, 1.82) is 0 Å².